The Hall–Kier alpha value is -2.47. The van der Waals surface area contributed by atoms with Crippen LogP contribution in [-0.4, -0.2) is 52.6 Å². The molecule has 3 fully saturated rings. The highest BCUT2D eigenvalue weighted by molar-refractivity contribution is 5.91. The number of hydrogen-bond acceptors (Lipinski definition) is 6. The summed E-state index contributed by atoms with van der Waals surface area (Å²) in [5.74, 6) is -2.09. The molecule has 0 heterocycles. The third-order valence-electron chi connectivity index (χ3n) is 10.3. The fraction of sp³-hybridized carbons (Fsp3) is 0.656. The second-order valence-corrected chi connectivity index (χ2v) is 12.4. The summed E-state index contributed by atoms with van der Waals surface area (Å²) < 4.78 is 28.1. The maximum Gasteiger partial charge on any atom is 0.306 e. The molecule has 0 amide bonds. The number of allylic oxidation sites excluding steroid dienone is 6. The molecule has 2 N–H and O–H groups in total. The van der Waals surface area contributed by atoms with Crippen molar-refractivity contribution in [3.8, 4) is 0 Å². The predicted octanol–water partition coefficient (Wildman–Crippen LogP) is 5.31. The third-order valence-corrected chi connectivity index (χ3v) is 10.3. The Labute approximate surface area is 231 Å². The van der Waals surface area contributed by atoms with Crippen molar-refractivity contribution in [1.82, 2.24) is 0 Å². The van der Waals surface area contributed by atoms with Gasteiger partial charge in [-0.15, -0.1) is 0 Å². The van der Waals surface area contributed by atoms with Gasteiger partial charge in [-0.05, 0) is 56.4 Å². The zero-order valence-corrected chi connectivity index (χ0v) is 23.7. The number of ether oxygens (including phenoxy) is 2. The number of rotatable bonds is 9. The Morgan fingerprint density at radius 2 is 1.95 bits per heavy atom. The molecule has 4 rings (SSSR count). The van der Waals surface area contributed by atoms with Gasteiger partial charge in [0.15, 0.2) is 12.3 Å². The Balaban J connectivity index is 1.52. The quantitative estimate of drug-likeness (QED) is 0.233. The van der Waals surface area contributed by atoms with Gasteiger partial charge < -0.3 is 19.7 Å². The zero-order chi connectivity index (χ0) is 28.8. The standard InChI is InChI=1S/C32H43FO6/c1-7-15-38-23(8-2)10-12-28(36)39-19-27(35)32(37)21(4)17-25-24-11-9-22-16-20(3)13-14-29(22,5)31(24,33)26(34)18-30(25,32)6/h13-14,16,21,24-26,34,37H,2-3,7,9-12,15,17-19H2,1,4-6H3/t21-,24+,25+,26+,29+,30+,31+,32+/m1/s1. The Morgan fingerprint density at radius 3 is 2.62 bits per heavy atom. The number of ketones is 1. The van der Waals surface area contributed by atoms with Crippen LogP contribution in [-0.2, 0) is 19.1 Å². The summed E-state index contributed by atoms with van der Waals surface area (Å²) in [5, 5.41) is 23.5. The van der Waals surface area contributed by atoms with E-state index in [2.05, 4.69) is 18.9 Å². The largest absolute Gasteiger partial charge is 0.490 e. The molecule has 214 valence electrons. The smallest absolute Gasteiger partial charge is 0.306 e. The summed E-state index contributed by atoms with van der Waals surface area (Å²) in [5.41, 5.74) is -1.44. The van der Waals surface area contributed by atoms with E-state index in [1.807, 2.05) is 32.1 Å². The lowest BCUT2D eigenvalue weighted by atomic mass is 9.44. The van der Waals surface area contributed by atoms with Crippen molar-refractivity contribution in [2.45, 2.75) is 90.0 Å². The van der Waals surface area contributed by atoms with Crippen LogP contribution in [0.15, 0.2) is 54.0 Å². The van der Waals surface area contributed by atoms with Gasteiger partial charge in [0.25, 0.3) is 0 Å². The van der Waals surface area contributed by atoms with Crippen LogP contribution < -0.4 is 0 Å². The van der Waals surface area contributed by atoms with Gasteiger partial charge >= 0.3 is 5.97 Å². The van der Waals surface area contributed by atoms with Crippen LogP contribution >= 0.6 is 0 Å². The van der Waals surface area contributed by atoms with E-state index in [9.17, 15) is 19.8 Å². The minimum Gasteiger partial charge on any atom is -0.490 e. The first-order valence-electron chi connectivity index (χ1n) is 14.2. The van der Waals surface area contributed by atoms with Gasteiger partial charge in [-0.25, -0.2) is 4.39 Å². The molecular formula is C32H43FO6. The lowest BCUT2D eigenvalue weighted by Crippen LogP contribution is -2.69. The van der Waals surface area contributed by atoms with Gasteiger partial charge in [-0.2, -0.15) is 0 Å². The van der Waals surface area contributed by atoms with Crippen LogP contribution in [0.5, 0.6) is 0 Å². The van der Waals surface area contributed by atoms with E-state index in [1.165, 1.54) is 0 Å². The molecule has 0 bridgehead atoms. The average molecular weight is 543 g/mol. The number of esters is 1. The number of carbonyl (C=O) groups excluding carboxylic acids is 2. The van der Waals surface area contributed by atoms with Crippen LogP contribution in [0.1, 0.15) is 72.6 Å². The first kappa shape index (κ1) is 29.5. The fourth-order valence-corrected chi connectivity index (χ4v) is 8.20. The maximum absolute atomic E-state index is 17.3. The molecule has 39 heavy (non-hydrogen) atoms. The van der Waals surface area contributed by atoms with Crippen molar-refractivity contribution in [3.63, 3.8) is 0 Å². The summed E-state index contributed by atoms with van der Waals surface area (Å²) in [4.78, 5) is 26.0. The van der Waals surface area contributed by atoms with Gasteiger partial charge in [0.05, 0.1) is 19.1 Å². The first-order valence-corrected chi connectivity index (χ1v) is 14.2. The molecule has 8 atom stereocenters. The molecule has 6 nitrogen and oxygen atoms in total. The minimum absolute atomic E-state index is 0.0117. The first-order chi connectivity index (χ1) is 18.3. The molecule has 0 aliphatic heterocycles. The summed E-state index contributed by atoms with van der Waals surface area (Å²) >= 11 is 0. The summed E-state index contributed by atoms with van der Waals surface area (Å²) in [6.07, 6.45) is 6.79. The van der Waals surface area contributed by atoms with Crippen molar-refractivity contribution in [1.29, 1.82) is 0 Å². The lowest BCUT2D eigenvalue weighted by Gasteiger charge is -2.62. The van der Waals surface area contributed by atoms with Crippen LogP contribution in [0.25, 0.3) is 0 Å². The molecule has 0 radical (unpaired) electrons. The van der Waals surface area contributed by atoms with E-state index in [0.29, 0.717) is 31.6 Å². The summed E-state index contributed by atoms with van der Waals surface area (Å²) in [6.45, 7) is 14.9. The minimum atomic E-state index is -1.94. The number of hydrogen-bond donors (Lipinski definition) is 2. The summed E-state index contributed by atoms with van der Waals surface area (Å²) in [6, 6.07) is 0. The number of aliphatic hydroxyl groups is 2. The van der Waals surface area contributed by atoms with Crippen LogP contribution in [0, 0.1) is 28.6 Å². The topological polar surface area (TPSA) is 93.1 Å². The molecule has 7 heteroatoms. The van der Waals surface area contributed by atoms with Gasteiger partial charge in [-0.1, -0.05) is 63.5 Å². The number of carbonyl (C=O) groups is 2. The fourth-order valence-electron chi connectivity index (χ4n) is 8.20. The molecular weight excluding hydrogens is 499 g/mol. The highest BCUT2D eigenvalue weighted by Gasteiger charge is 2.75. The number of alkyl halides is 1. The molecule has 0 spiro atoms. The molecule has 4 aliphatic carbocycles. The normalized spacial score (nSPS) is 40.5. The second-order valence-electron chi connectivity index (χ2n) is 12.4. The molecule has 0 saturated heterocycles. The third kappa shape index (κ3) is 4.38. The molecule has 3 saturated carbocycles. The SMILES string of the molecule is C=C=C(CCC(=O)OCC(=O)[C@@]1(O)[C@H](C)C[C@H]2[C@@H]3CCC4=CC(=C)C=C[C@]4(C)[C@@]3(F)[C@@H](O)C[C@@]21C)OCCC. The van der Waals surface area contributed by atoms with Gasteiger partial charge in [0.1, 0.15) is 11.4 Å². The van der Waals surface area contributed by atoms with Crippen LogP contribution in [0.2, 0.25) is 0 Å². The number of aliphatic hydroxyl groups excluding tert-OH is 1. The van der Waals surface area contributed by atoms with Crippen molar-refractivity contribution >= 4 is 11.8 Å². The monoisotopic (exact) mass is 542 g/mol. The number of fused-ring (bicyclic) bond motifs is 5. The average Bonchev–Trinajstić information content (AvgIpc) is 3.10. The van der Waals surface area contributed by atoms with E-state index in [-0.39, 0.29) is 25.2 Å². The van der Waals surface area contributed by atoms with E-state index in [4.69, 9.17) is 9.47 Å². The van der Waals surface area contributed by atoms with Crippen molar-refractivity contribution in [3.05, 3.63) is 54.0 Å². The zero-order valence-electron chi connectivity index (χ0n) is 23.7. The molecule has 0 aromatic heterocycles. The van der Waals surface area contributed by atoms with E-state index in [0.717, 1.165) is 17.6 Å². The van der Waals surface area contributed by atoms with Crippen LogP contribution in [0.3, 0.4) is 0 Å². The number of Topliss-reactive ketones (excluding diaryl/α,β-unsaturated/α-hetero) is 1. The molecule has 0 unspecified atom stereocenters. The summed E-state index contributed by atoms with van der Waals surface area (Å²) in [7, 11) is 0. The van der Waals surface area contributed by atoms with Crippen molar-refractivity contribution < 1.29 is 33.7 Å². The number of halogens is 1. The van der Waals surface area contributed by atoms with E-state index < -0.39 is 58.4 Å². The molecule has 0 aromatic rings. The Morgan fingerprint density at radius 1 is 1.23 bits per heavy atom. The van der Waals surface area contributed by atoms with Gasteiger partial charge in [-0.3, -0.25) is 9.59 Å². The Kier molecular flexibility index (Phi) is 7.94. The van der Waals surface area contributed by atoms with E-state index in [1.54, 1.807) is 13.8 Å². The van der Waals surface area contributed by atoms with Crippen molar-refractivity contribution in [2.24, 2.45) is 28.6 Å². The Bertz CT molecular complexity index is 1150. The predicted molar refractivity (Wildman–Crippen MR) is 146 cm³/mol. The molecule has 4 aliphatic rings. The van der Waals surface area contributed by atoms with Crippen molar-refractivity contribution in [2.75, 3.05) is 13.2 Å². The second kappa shape index (κ2) is 10.5. The van der Waals surface area contributed by atoms with Gasteiger partial charge in [0.2, 0.25) is 5.78 Å². The van der Waals surface area contributed by atoms with E-state index >= 15 is 4.39 Å². The highest BCUT2D eigenvalue weighted by Crippen LogP contribution is 2.70. The lowest BCUT2D eigenvalue weighted by molar-refractivity contribution is -0.219. The highest BCUT2D eigenvalue weighted by atomic mass is 19.1. The van der Waals surface area contributed by atoms with Crippen LogP contribution in [0.4, 0.5) is 4.39 Å². The van der Waals surface area contributed by atoms with Gasteiger partial charge in [0, 0.05) is 23.2 Å². The molecule has 0 aromatic carbocycles. The maximum atomic E-state index is 17.3.